The van der Waals surface area contributed by atoms with Crippen molar-refractivity contribution in [1.29, 1.82) is 0 Å². The lowest BCUT2D eigenvalue weighted by atomic mass is 9.88. The van der Waals surface area contributed by atoms with Crippen molar-refractivity contribution in [2.24, 2.45) is 5.73 Å². The first-order valence-corrected chi connectivity index (χ1v) is 3.64. The van der Waals surface area contributed by atoms with Gasteiger partial charge in [0, 0.05) is 13.0 Å². The summed E-state index contributed by atoms with van der Waals surface area (Å²) in [4.78, 5) is 0. The van der Waals surface area contributed by atoms with Crippen LogP contribution in [-0.2, 0) is 0 Å². The maximum Gasteiger partial charge on any atom is 0.104 e. The van der Waals surface area contributed by atoms with Gasteiger partial charge < -0.3 is 15.9 Å². The van der Waals surface area contributed by atoms with E-state index >= 15 is 0 Å². The molecule has 0 aromatic heterocycles. The molecule has 11 heavy (non-hydrogen) atoms. The Morgan fingerprint density at radius 2 is 2.18 bits per heavy atom. The Bertz CT molecular complexity index is 189. The molecular formula is C8H13NO2. The fourth-order valence-electron chi connectivity index (χ4n) is 1.11. The molecule has 2 unspecified atom stereocenters. The number of hydrogen-bond acceptors (Lipinski definition) is 3. The third-order valence-corrected chi connectivity index (χ3v) is 1.90. The molecule has 3 nitrogen and oxygen atoms in total. The van der Waals surface area contributed by atoms with Gasteiger partial charge in [0.2, 0.25) is 0 Å². The molecule has 2 atom stereocenters. The molecule has 0 aliphatic heterocycles. The van der Waals surface area contributed by atoms with E-state index in [2.05, 4.69) is 0 Å². The van der Waals surface area contributed by atoms with Gasteiger partial charge in [-0.1, -0.05) is 24.3 Å². The standard InChI is InChI=1S/C8H13NO2/c9-7-3-1-2-4-8(7,11)5-6-10/h1-4,7,10-11H,5-6,9H2. The van der Waals surface area contributed by atoms with Gasteiger partial charge >= 0.3 is 0 Å². The van der Waals surface area contributed by atoms with E-state index in [1.54, 1.807) is 24.3 Å². The van der Waals surface area contributed by atoms with E-state index in [0.29, 0.717) is 0 Å². The molecule has 0 heterocycles. The summed E-state index contributed by atoms with van der Waals surface area (Å²) in [6.07, 6.45) is 7.15. The molecule has 1 aliphatic rings. The first kappa shape index (κ1) is 8.46. The predicted molar refractivity (Wildman–Crippen MR) is 42.9 cm³/mol. The molecule has 0 aromatic rings. The highest BCUT2D eigenvalue weighted by atomic mass is 16.3. The second kappa shape index (κ2) is 3.17. The van der Waals surface area contributed by atoms with Crippen LogP contribution in [0.25, 0.3) is 0 Å². The Balaban J connectivity index is 2.68. The molecule has 0 bridgehead atoms. The summed E-state index contributed by atoms with van der Waals surface area (Å²) >= 11 is 0. The minimum Gasteiger partial charge on any atom is -0.396 e. The van der Waals surface area contributed by atoms with E-state index in [1.165, 1.54) is 0 Å². The van der Waals surface area contributed by atoms with Crippen LogP contribution in [0.2, 0.25) is 0 Å². The summed E-state index contributed by atoms with van der Waals surface area (Å²) in [7, 11) is 0. The monoisotopic (exact) mass is 155 g/mol. The Labute approximate surface area is 65.8 Å². The van der Waals surface area contributed by atoms with Crippen LogP contribution in [-0.4, -0.2) is 28.5 Å². The summed E-state index contributed by atoms with van der Waals surface area (Å²) in [5, 5.41) is 18.3. The zero-order valence-corrected chi connectivity index (χ0v) is 6.27. The van der Waals surface area contributed by atoms with Crippen LogP contribution >= 0.6 is 0 Å². The lowest BCUT2D eigenvalue weighted by Gasteiger charge is -2.30. The molecule has 0 fully saturated rings. The van der Waals surface area contributed by atoms with Crippen molar-refractivity contribution in [1.82, 2.24) is 0 Å². The summed E-state index contributed by atoms with van der Waals surface area (Å²) < 4.78 is 0. The molecule has 4 N–H and O–H groups in total. The average Bonchev–Trinajstić information content (AvgIpc) is 1.96. The van der Waals surface area contributed by atoms with Gasteiger partial charge in [0.1, 0.15) is 5.60 Å². The molecule has 0 radical (unpaired) electrons. The molecule has 3 heteroatoms. The quantitative estimate of drug-likeness (QED) is 0.506. The smallest absolute Gasteiger partial charge is 0.104 e. The molecule has 1 rings (SSSR count). The van der Waals surface area contributed by atoms with E-state index in [1.807, 2.05) is 0 Å². The van der Waals surface area contributed by atoms with E-state index < -0.39 is 11.6 Å². The van der Waals surface area contributed by atoms with Crippen LogP contribution in [0.3, 0.4) is 0 Å². The number of aliphatic hydroxyl groups excluding tert-OH is 1. The van der Waals surface area contributed by atoms with Gasteiger partial charge in [0.15, 0.2) is 0 Å². The topological polar surface area (TPSA) is 66.5 Å². The fraction of sp³-hybridized carbons (Fsp3) is 0.500. The summed E-state index contributed by atoms with van der Waals surface area (Å²) in [6, 6.07) is -0.403. The van der Waals surface area contributed by atoms with E-state index in [0.717, 1.165) is 0 Å². The van der Waals surface area contributed by atoms with E-state index in [4.69, 9.17) is 10.8 Å². The van der Waals surface area contributed by atoms with Crippen molar-refractivity contribution >= 4 is 0 Å². The highest BCUT2D eigenvalue weighted by molar-refractivity contribution is 5.23. The Hall–Kier alpha value is -0.640. The second-order valence-corrected chi connectivity index (χ2v) is 2.73. The number of allylic oxidation sites excluding steroid dienone is 2. The lowest BCUT2D eigenvalue weighted by molar-refractivity contribution is 0.0485. The molecule has 0 saturated heterocycles. The zero-order chi connectivity index (χ0) is 8.32. The van der Waals surface area contributed by atoms with Gasteiger partial charge in [0.05, 0.1) is 6.04 Å². The second-order valence-electron chi connectivity index (χ2n) is 2.73. The van der Waals surface area contributed by atoms with Crippen LogP contribution in [0.15, 0.2) is 24.3 Å². The molecule has 0 aromatic carbocycles. The van der Waals surface area contributed by atoms with Crippen LogP contribution in [0.5, 0.6) is 0 Å². The van der Waals surface area contributed by atoms with Crippen molar-refractivity contribution < 1.29 is 10.2 Å². The highest BCUT2D eigenvalue weighted by Gasteiger charge is 2.30. The zero-order valence-electron chi connectivity index (χ0n) is 6.27. The third kappa shape index (κ3) is 1.68. The minimum absolute atomic E-state index is 0.0532. The Kier molecular flexibility index (Phi) is 2.44. The van der Waals surface area contributed by atoms with Gasteiger partial charge in [-0.25, -0.2) is 0 Å². The Morgan fingerprint density at radius 3 is 2.73 bits per heavy atom. The summed E-state index contributed by atoms with van der Waals surface area (Å²) in [5.74, 6) is 0. The van der Waals surface area contributed by atoms with Gasteiger partial charge in [-0.3, -0.25) is 0 Å². The average molecular weight is 155 g/mol. The summed E-state index contributed by atoms with van der Waals surface area (Å²) in [5.41, 5.74) is 4.55. The predicted octanol–water partition coefficient (Wildman–Crippen LogP) is -0.447. The van der Waals surface area contributed by atoms with Crippen LogP contribution in [0.1, 0.15) is 6.42 Å². The first-order valence-electron chi connectivity index (χ1n) is 3.64. The number of aliphatic hydroxyl groups is 2. The van der Waals surface area contributed by atoms with E-state index in [-0.39, 0.29) is 13.0 Å². The molecule has 62 valence electrons. The lowest BCUT2D eigenvalue weighted by Crippen LogP contribution is -2.46. The maximum atomic E-state index is 9.72. The van der Waals surface area contributed by atoms with Gasteiger partial charge in [-0.05, 0) is 0 Å². The van der Waals surface area contributed by atoms with Gasteiger partial charge in [0.25, 0.3) is 0 Å². The van der Waals surface area contributed by atoms with Crippen molar-refractivity contribution in [2.75, 3.05) is 6.61 Å². The number of hydrogen-bond donors (Lipinski definition) is 3. The largest absolute Gasteiger partial charge is 0.396 e. The highest BCUT2D eigenvalue weighted by Crippen LogP contribution is 2.19. The van der Waals surface area contributed by atoms with Crippen LogP contribution in [0, 0.1) is 0 Å². The van der Waals surface area contributed by atoms with Gasteiger partial charge in [-0.15, -0.1) is 0 Å². The Morgan fingerprint density at radius 1 is 1.45 bits per heavy atom. The molecule has 0 spiro atoms. The summed E-state index contributed by atoms with van der Waals surface area (Å²) in [6.45, 7) is -0.0532. The van der Waals surface area contributed by atoms with Crippen molar-refractivity contribution in [3.63, 3.8) is 0 Å². The van der Waals surface area contributed by atoms with Crippen LogP contribution in [0.4, 0.5) is 0 Å². The van der Waals surface area contributed by atoms with Crippen molar-refractivity contribution in [3.05, 3.63) is 24.3 Å². The third-order valence-electron chi connectivity index (χ3n) is 1.90. The van der Waals surface area contributed by atoms with Crippen LogP contribution < -0.4 is 5.73 Å². The van der Waals surface area contributed by atoms with Crippen molar-refractivity contribution in [3.8, 4) is 0 Å². The normalized spacial score (nSPS) is 36.1. The maximum absolute atomic E-state index is 9.72. The van der Waals surface area contributed by atoms with Crippen molar-refractivity contribution in [2.45, 2.75) is 18.1 Å². The number of rotatable bonds is 2. The SMILES string of the molecule is NC1C=CC=CC1(O)CCO. The molecule has 0 saturated carbocycles. The molecule has 1 aliphatic carbocycles. The molecular weight excluding hydrogens is 142 g/mol. The van der Waals surface area contributed by atoms with E-state index in [9.17, 15) is 5.11 Å². The first-order chi connectivity index (χ1) is 5.19. The minimum atomic E-state index is -1.05. The van der Waals surface area contributed by atoms with Gasteiger partial charge in [-0.2, -0.15) is 0 Å². The molecule has 0 amide bonds. The fourth-order valence-corrected chi connectivity index (χ4v) is 1.11. The number of nitrogens with two attached hydrogens (primary N) is 1.